The number of amides is 1. The van der Waals surface area contributed by atoms with E-state index in [1.54, 1.807) is 6.07 Å². The fraction of sp³-hybridized carbons (Fsp3) is 0.533. The van der Waals surface area contributed by atoms with E-state index in [1.807, 2.05) is 0 Å². The van der Waals surface area contributed by atoms with Gasteiger partial charge in [0.15, 0.2) is 0 Å². The number of carbonyl (C=O) groups is 1. The molecule has 2 atom stereocenters. The van der Waals surface area contributed by atoms with Crippen LogP contribution in [0, 0.1) is 11.7 Å². The van der Waals surface area contributed by atoms with Crippen LogP contribution in [0.4, 0.5) is 4.39 Å². The lowest BCUT2D eigenvalue weighted by molar-refractivity contribution is -0.0109. The summed E-state index contributed by atoms with van der Waals surface area (Å²) in [4.78, 5) is 12.1. The largest absolute Gasteiger partial charge is 0.388 e. The van der Waals surface area contributed by atoms with Gasteiger partial charge >= 0.3 is 0 Å². The Morgan fingerprint density at radius 2 is 2.35 bits per heavy atom. The first-order chi connectivity index (χ1) is 9.41. The van der Waals surface area contributed by atoms with Crippen LogP contribution in [0.3, 0.4) is 0 Å². The average Bonchev–Trinajstić information content (AvgIpc) is 2.36. The molecule has 0 spiro atoms. The van der Waals surface area contributed by atoms with E-state index in [2.05, 4.69) is 28.2 Å². The first kappa shape index (κ1) is 15.4. The Morgan fingerprint density at radius 1 is 1.60 bits per heavy atom. The zero-order chi connectivity index (χ0) is 14.8. The van der Waals surface area contributed by atoms with Crippen molar-refractivity contribution in [2.45, 2.75) is 38.2 Å². The van der Waals surface area contributed by atoms with Crippen molar-refractivity contribution in [3.8, 4) is 0 Å². The number of carbonyl (C=O) groups excluding carboxylic acids is 1. The molecule has 0 heterocycles. The molecular weight excluding hydrogens is 325 g/mol. The molecule has 1 amide bonds. The zero-order valence-corrected chi connectivity index (χ0v) is 13.0. The molecule has 1 fully saturated rings. The minimum absolute atomic E-state index is 0.0139. The van der Waals surface area contributed by atoms with Crippen LogP contribution in [-0.4, -0.2) is 23.2 Å². The Kier molecular flexibility index (Phi) is 4.81. The van der Waals surface area contributed by atoms with Crippen molar-refractivity contribution in [3.63, 3.8) is 0 Å². The SMILES string of the molecule is CC1CCCC(O)(CNC(=O)c2c(F)cccc2Br)C1. The van der Waals surface area contributed by atoms with Gasteiger partial charge in [-0.3, -0.25) is 4.79 Å². The van der Waals surface area contributed by atoms with Gasteiger partial charge in [-0.1, -0.05) is 25.8 Å². The van der Waals surface area contributed by atoms with Gasteiger partial charge in [0.1, 0.15) is 5.82 Å². The van der Waals surface area contributed by atoms with Gasteiger partial charge in [-0.15, -0.1) is 0 Å². The van der Waals surface area contributed by atoms with E-state index in [1.165, 1.54) is 12.1 Å². The Bertz CT molecular complexity index is 488. The summed E-state index contributed by atoms with van der Waals surface area (Å²) in [5, 5.41) is 13.1. The van der Waals surface area contributed by atoms with E-state index in [0.29, 0.717) is 23.2 Å². The van der Waals surface area contributed by atoms with Crippen LogP contribution in [0.15, 0.2) is 22.7 Å². The van der Waals surface area contributed by atoms with Crippen molar-refractivity contribution >= 4 is 21.8 Å². The highest BCUT2D eigenvalue weighted by atomic mass is 79.9. The third kappa shape index (κ3) is 3.58. The van der Waals surface area contributed by atoms with Crippen LogP contribution in [0.5, 0.6) is 0 Å². The van der Waals surface area contributed by atoms with Crippen LogP contribution in [0.1, 0.15) is 43.0 Å². The molecule has 0 radical (unpaired) electrons. The summed E-state index contributed by atoms with van der Waals surface area (Å²) < 4.78 is 14.1. The number of hydrogen-bond acceptors (Lipinski definition) is 2. The van der Waals surface area contributed by atoms with E-state index >= 15 is 0 Å². The van der Waals surface area contributed by atoms with Gasteiger partial charge in [-0.25, -0.2) is 4.39 Å². The predicted molar refractivity (Wildman–Crippen MR) is 79.0 cm³/mol. The minimum Gasteiger partial charge on any atom is -0.388 e. The molecule has 0 bridgehead atoms. The van der Waals surface area contributed by atoms with Gasteiger partial charge in [-0.05, 0) is 46.8 Å². The van der Waals surface area contributed by atoms with Crippen LogP contribution in [0.25, 0.3) is 0 Å². The zero-order valence-electron chi connectivity index (χ0n) is 11.5. The van der Waals surface area contributed by atoms with Crippen LogP contribution >= 0.6 is 15.9 Å². The molecule has 110 valence electrons. The summed E-state index contributed by atoms with van der Waals surface area (Å²) >= 11 is 3.17. The second kappa shape index (κ2) is 6.22. The number of rotatable bonds is 3. The Balaban J connectivity index is 2.02. The van der Waals surface area contributed by atoms with E-state index in [9.17, 15) is 14.3 Å². The van der Waals surface area contributed by atoms with Gasteiger partial charge in [0.25, 0.3) is 5.91 Å². The first-order valence-electron chi connectivity index (χ1n) is 6.86. The van der Waals surface area contributed by atoms with Gasteiger partial charge in [0.2, 0.25) is 0 Å². The number of nitrogens with one attached hydrogen (secondary N) is 1. The van der Waals surface area contributed by atoms with Crippen molar-refractivity contribution in [1.82, 2.24) is 5.32 Å². The Labute approximate surface area is 126 Å². The van der Waals surface area contributed by atoms with Crippen molar-refractivity contribution in [3.05, 3.63) is 34.1 Å². The third-order valence-corrected chi connectivity index (χ3v) is 4.50. The summed E-state index contributed by atoms with van der Waals surface area (Å²) in [7, 11) is 0. The van der Waals surface area contributed by atoms with Crippen molar-refractivity contribution in [2.75, 3.05) is 6.54 Å². The molecule has 0 saturated heterocycles. The van der Waals surface area contributed by atoms with Crippen molar-refractivity contribution < 1.29 is 14.3 Å². The Hall–Kier alpha value is -0.940. The quantitative estimate of drug-likeness (QED) is 0.884. The summed E-state index contributed by atoms with van der Waals surface area (Å²) in [5.41, 5.74) is -0.884. The summed E-state index contributed by atoms with van der Waals surface area (Å²) in [6.45, 7) is 2.26. The van der Waals surface area contributed by atoms with E-state index in [4.69, 9.17) is 0 Å². The van der Waals surface area contributed by atoms with E-state index < -0.39 is 17.3 Å². The number of hydrogen-bond donors (Lipinski definition) is 2. The third-order valence-electron chi connectivity index (χ3n) is 3.84. The second-order valence-corrected chi connectivity index (χ2v) is 6.56. The summed E-state index contributed by atoms with van der Waals surface area (Å²) in [6, 6.07) is 4.40. The van der Waals surface area contributed by atoms with Gasteiger partial charge < -0.3 is 10.4 Å². The maximum absolute atomic E-state index is 13.7. The molecule has 0 aliphatic heterocycles. The molecule has 0 aromatic heterocycles. The summed E-state index contributed by atoms with van der Waals surface area (Å²) in [6.07, 6.45) is 3.41. The highest BCUT2D eigenvalue weighted by molar-refractivity contribution is 9.10. The lowest BCUT2D eigenvalue weighted by Crippen LogP contribution is -2.46. The number of benzene rings is 1. The molecule has 1 aliphatic carbocycles. The molecule has 1 saturated carbocycles. The normalized spacial score (nSPS) is 26.3. The average molecular weight is 344 g/mol. The molecular formula is C15H19BrFNO2. The van der Waals surface area contributed by atoms with E-state index in [-0.39, 0.29) is 12.1 Å². The summed E-state index contributed by atoms with van der Waals surface area (Å²) in [5.74, 6) is -0.617. The molecule has 20 heavy (non-hydrogen) atoms. The van der Waals surface area contributed by atoms with Crippen LogP contribution < -0.4 is 5.32 Å². The molecule has 2 rings (SSSR count). The molecule has 1 aromatic rings. The standard InChI is InChI=1S/C15H19BrFNO2/c1-10-4-3-7-15(20,8-10)9-18-14(19)13-11(16)5-2-6-12(13)17/h2,5-6,10,20H,3-4,7-9H2,1H3,(H,18,19). The topological polar surface area (TPSA) is 49.3 Å². The lowest BCUT2D eigenvalue weighted by Gasteiger charge is -2.35. The molecule has 2 unspecified atom stereocenters. The van der Waals surface area contributed by atoms with Gasteiger partial charge in [-0.2, -0.15) is 0 Å². The lowest BCUT2D eigenvalue weighted by atomic mass is 9.79. The van der Waals surface area contributed by atoms with E-state index in [0.717, 1.165) is 12.8 Å². The predicted octanol–water partition coefficient (Wildman–Crippen LogP) is 3.26. The highest BCUT2D eigenvalue weighted by Crippen LogP contribution is 2.31. The van der Waals surface area contributed by atoms with Gasteiger partial charge in [0, 0.05) is 11.0 Å². The minimum atomic E-state index is -0.870. The fourth-order valence-electron chi connectivity index (χ4n) is 2.84. The number of halogens is 2. The van der Waals surface area contributed by atoms with Crippen LogP contribution in [-0.2, 0) is 0 Å². The monoisotopic (exact) mass is 343 g/mol. The second-order valence-electron chi connectivity index (χ2n) is 5.71. The Morgan fingerprint density at radius 3 is 3.00 bits per heavy atom. The van der Waals surface area contributed by atoms with Crippen LogP contribution in [0.2, 0.25) is 0 Å². The smallest absolute Gasteiger partial charge is 0.255 e. The maximum Gasteiger partial charge on any atom is 0.255 e. The van der Waals surface area contributed by atoms with Gasteiger partial charge in [0.05, 0.1) is 11.2 Å². The molecule has 5 heteroatoms. The number of aliphatic hydroxyl groups is 1. The molecule has 2 N–H and O–H groups in total. The molecule has 1 aromatic carbocycles. The van der Waals surface area contributed by atoms with Crippen molar-refractivity contribution in [2.24, 2.45) is 5.92 Å². The highest BCUT2D eigenvalue weighted by Gasteiger charge is 2.33. The first-order valence-corrected chi connectivity index (χ1v) is 7.65. The maximum atomic E-state index is 13.7. The van der Waals surface area contributed by atoms with Crippen molar-refractivity contribution in [1.29, 1.82) is 0 Å². The molecule has 3 nitrogen and oxygen atoms in total. The fourth-order valence-corrected chi connectivity index (χ4v) is 3.36. The molecule has 1 aliphatic rings.